The van der Waals surface area contributed by atoms with E-state index in [0.717, 1.165) is 71.0 Å². The van der Waals surface area contributed by atoms with Crippen LogP contribution in [-0.4, -0.2) is 0 Å². The van der Waals surface area contributed by atoms with Gasteiger partial charge in [-0.3, -0.25) is 0 Å². The van der Waals surface area contributed by atoms with Crippen molar-refractivity contribution >= 4 is 0 Å². The molecule has 2 fully saturated rings. The maximum absolute atomic E-state index is 2.61. The minimum absolute atomic E-state index is 0.564. The summed E-state index contributed by atoms with van der Waals surface area (Å²) < 4.78 is 0. The van der Waals surface area contributed by atoms with Gasteiger partial charge < -0.3 is 0 Å². The summed E-state index contributed by atoms with van der Waals surface area (Å²) in [5, 5.41) is 0. The van der Waals surface area contributed by atoms with Crippen LogP contribution in [0.2, 0.25) is 0 Å². The third-order valence-electron chi connectivity index (χ3n) is 16.5. The van der Waals surface area contributed by atoms with Crippen LogP contribution in [0, 0.1) is 81.8 Å². The van der Waals surface area contributed by atoms with E-state index in [2.05, 4.69) is 96.9 Å². The van der Waals surface area contributed by atoms with Gasteiger partial charge in [0.25, 0.3) is 0 Å². The SMILES string of the molecule is CC(CCCCCCCC(C(C)C)C(C)C(C)CC(C)CCCC(C)CCC1C(C)CCCC1(C)C)CCCC(C)CCC1C(C)CCCC1(C)C. The van der Waals surface area contributed by atoms with Crippen LogP contribution in [-0.2, 0) is 0 Å². The molecule has 0 aromatic rings. The van der Waals surface area contributed by atoms with E-state index in [4.69, 9.17) is 0 Å². The Morgan fingerprint density at radius 3 is 1.29 bits per heavy atom. The lowest BCUT2D eigenvalue weighted by Crippen LogP contribution is -2.33. The predicted octanol–water partition coefficient (Wildman–Crippen LogP) is 18.0. The summed E-state index contributed by atoms with van der Waals surface area (Å²) in [5.74, 6) is 10.8. The van der Waals surface area contributed by atoms with Crippen molar-refractivity contribution in [1.29, 1.82) is 0 Å². The van der Waals surface area contributed by atoms with Crippen molar-refractivity contribution in [2.45, 2.75) is 251 Å². The number of hydrogen-bond donors (Lipinski definition) is 0. The summed E-state index contributed by atoms with van der Waals surface area (Å²) in [5.41, 5.74) is 1.13. The molecule has 11 unspecified atom stereocenters. The first-order valence-corrected chi connectivity index (χ1v) is 24.4. The summed E-state index contributed by atoms with van der Waals surface area (Å²) in [6.45, 7) is 35.7. The highest BCUT2D eigenvalue weighted by molar-refractivity contribution is 4.88. The van der Waals surface area contributed by atoms with Gasteiger partial charge in [0.05, 0.1) is 0 Å². The van der Waals surface area contributed by atoms with E-state index in [1.165, 1.54) is 154 Å². The molecule has 0 spiro atoms. The van der Waals surface area contributed by atoms with Gasteiger partial charge in [0, 0.05) is 0 Å². The van der Waals surface area contributed by atoms with Crippen LogP contribution in [0.1, 0.15) is 251 Å². The molecular formula is C52H102. The van der Waals surface area contributed by atoms with Gasteiger partial charge in [0.1, 0.15) is 0 Å². The van der Waals surface area contributed by atoms with Gasteiger partial charge in [-0.1, -0.05) is 213 Å². The van der Waals surface area contributed by atoms with Crippen molar-refractivity contribution in [3.63, 3.8) is 0 Å². The Morgan fingerprint density at radius 1 is 0.462 bits per heavy atom. The Morgan fingerprint density at radius 2 is 0.846 bits per heavy atom. The van der Waals surface area contributed by atoms with Crippen LogP contribution in [0.4, 0.5) is 0 Å². The molecule has 0 N–H and O–H groups in total. The highest BCUT2D eigenvalue weighted by atomic mass is 14.4. The van der Waals surface area contributed by atoms with Gasteiger partial charge in [-0.2, -0.15) is 0 Å². The van der Waals surface area contributed by atoms with Gasteiger partial charge in [-0.15, -0.1) is 0 Å². The molecule has 0 nitrogen and oxygen atoms in total. The second-order valence-electron chi connectivity index (χ2n) is 22.7. The van der Waals surface area contributed by atoms with E-state index in [0.29, 0.717) is 10.8 Å². The van der Waals surface area contributed by atoms with Crippen molar-refractivity contribution in [3.8, 4) is 0 Å². The maximum atomic E-state index is 2.61. The number of rotatable bonds is 27. The van der Waals surface area contributed by atoms with Gasteiger partial charge in [0.2, 0.25) is 0 Å². The Labute approximate surface area is 331 Å². The highest BCUT2D eigenvalue weighted by Crippen LogP contribution is 2.48. The van der Waals surface area contributed by atoms with E-state index in [9.17, 15) is 0 Å². The zero-order valence-corrected chi connectivity index (χ0v) is 38.9. The predicted molar refractivity (Wildman–Crippen MR) is 237 cm³/mol. The number of hydrogen-bond acceptors (Lipinski definition) is 0. The molecule has 2 saturated carbocycles. The molecule has 0 aromatic carbocycles. The van der Waals surface area contributed by atoms with E-state index in [-0.39, 0.29) is 0 Å². The van der Waals surface area contributed by atoms with Crippen LogP contribution in [0.3, 0.4) is 0 Å². The fraction of sp³-hybridized carbons (Fsp3) is 1.00. The molecule has 0 amide bonds. The monoisotopic (exact) mass is 727 g/mol. The van der Waals surface area contributed by atoms with Crippen LogP contribution < -0.4 is 0 Å². The third kappa shape index (κ3) is 17.9. The molecule has 0 saturated heterocycles. The maximum Gasteiger partial charge on any atom is -0.0323 e. The molecule has 11 atom stereocenters. The molecule has 2 rings (SSSR count). The van der Waals surface area contributed by atoms with Crippen molar-refractivity contribution in [1.82, 2.24) is 0 Å². The number of unbranched alkanes of at least 4 members (excludes halogenated alkanes) is 4. The topological polar surface area (TPSA) is 0 Å². The van der Waals surface area contributed by atoms with Crippen molar-refractivity contribution < 1.29 is 0 Å². The van der Waals surface area contributed by atoms with Crippen molar-refractivity contribution in [2.24, 2.45) is 81.8 Å². The normalized spacial score (nSPS) is 27.5. The van der Waals surface area contributed by atoms with Crippen LogP contribution in [0.15, 0.2) is 0 Å². The van der Waals surface area contributed by atoms with Crippen LogP contribution in [0.5, 0.6) is 0 Å². The van der Waals surface area contributed by atoms with Crippen molar-refractivity contribution in [3.05, 3.63) is 0 Å². The molecule has 0 heterocycles. The standard InChI is InChI=1S/C52H102/c1-39(2)48(47(10)46(9)38-43(6)28-21-27-42(5)33-35-50-45(8)30-23-37-52(50,13)14)31-19-17-15-16-18-24-40(3)25-20-26-41(4)32-34-49-44(7)29-22-36-51(49,11)12/h39-50H,15-38H2,1-14H3. The Kier molecular flexibility index (Phi) is 22.8. The van der Waals surface area contributed by atoms with Crippen LogP contribution >= 0.6 is 0 Å². The lowest BCUT2D eigenvalue weighted by molar-refractivity contribution is 0.0705. The summed E-state index contributed by atoms with van der Waals surface area (Å²) in [6, 6.07) is 0. The van der Waals surface area contributed by atoms with Crippen LogP contribution in [0.25, 0.3) is 0 Å². The highest BCUT2D eigenvalue weighted by Gasteiger charge is 2.37. The summed E-state index contributed by atoms with van der Waals surface area (Å²) in [7, 11) is 0. The van der Waals surface area contributed by atoms with E-state index in [1.54, 1.807) is 0 Å². The Bertz CT molecular complexity index is 878. The largest absolute Gasteiger partial charge is 0.0625 e. The molecule has 0 radical (unpaired) electrons. The lowest BCUT2D eigenvalue weighted by Gasteiger charge is -2.43. The second-order valence-corrected chi connectivity index (χ2v) is 22.7. The smallest absolute Gasteiger partial charge is 0.0323 e. The quantitative estimate of drug-likeness (QED) is 0.0739. The summed E-state index contributed by atoms with van der Waals surface area (Å²) >= 11 is 0. The molecule has 0 aliphatic heterocycles. The average Bonchev–Trinajstić information content (AvgIpc) is 3.04. The lowest BCUT2D eigenvalue weighted by atomic mass is 9.62. The summed E-state index contributed by atoms with van der Waals surface area (Å²) in [6.07, 6.45) is 34.9. The Hall–Kier alpha value is 0. The van der Waals surface area contributed by atoms with Crippen molar-refractivity contribution in [2.75, 3.05) is 0 Å². The molecular weight excluding hydrogens is 625 g/mol. The van der Waals surface area contributed by atoms with E-state index < -0.39 is 0 Å². The first-order chi connectivity index (χ1) is 24.4. The average molecular weight is 727 g/mol. The fourth-order valence-corrected chi connectivity index (χ4v) is 12.4. The van der Waals surface area contributed by atoms with E-state index >= 15 is 0 Å². The zero-order valence-electron chi connectivity index (χ0n) is 38.9. The van der Waals surface area contributed by atoms with Gasteiger partial charge in [0.15, 0.2) is 0 Å². The molecule has 2 aliphatic rings. The third-order valence-corrected chi connectivity index (χ3v) is 16.5. The first-order valence-electron chi connectivity index (χ1n) is 24.4. The molecule has 2 aliphatic carbocycles. The minimum atomic E-state index is 0.564. The molecule has 310 valence electrons. The molecule has 0 bridgehead atoms. The fourth-order valence-electron chi connectivity index (χ4n) is 12.4. The Balaban J connectivity index is 1.53. The summed E-state index contributed by atoms with van der Waals surface area (Å²) in [4.78, 5) is 0. The van der Waals surface area contributed by atoms with Gasteiger partial charge in [-0.05, 0) is 120 Å². The minimum Gasteiger partial charge on any atom is -0.0625 e. The molecule has 52 heavy (non-hydrogen) atoms. The molecule has 0 aromatic heterocycles. The van der Waals surface area contributed by atoms with Gasteiger partial charge >= 0.3 is 0 Å². The zero-order chi connectivity index (χ0) is 38.9. The first kappa shape index (κ1) is 48.1. The second kappa shape index (κ2) is 24.6. The van der Waals surface area contributed by atoms with Gasteiger partial charge in [-0.25, -0.2) is 0 Å². The molecule has 0 heteroatoms. The van der Waals surface area contributed by atoms with E-state index in [1.807, 2.05) is 0 Å².